The lowest BCUT2D eigenvalue weighted by atomic mass is 10.1. The van der Waals surface area contributed by atoms with Gasteiger partial charge in [0, 0.05) is 25.7 Å². The number of rotatable bonds is 5. The van der Waals surface area contributed by atoms with Gasteiger partial charge in [0.1, 0.15) is 11.4 Å². The molecule has 1 atom stereocenters. The summed E-state index contributed by atoms with van der Waals surface area (Å²) in [5.41, 5.74) is 0.785. The molecule has 1 unspecified atom stereocenters. The molecule has 6 nitrogen and oxygen atoms in total. The van der Waals surface area contributed by atoms with E-state index in [0.717, 1.165) is 11.3 Å². The largest absolute Gasteiger partial charge is 0.488 e. The molecule has 0 aromatic heterocycles. The van der Waals surface area contributed by atoms with Crippen LogP contribution in [0.2, 0.25) is 0 Å². The SMILES string of the molecule is CN=C(NCc1ccccc1OC(C)(C)C)NCC1CCS(=O)(=O)C1. The highest BCUT2D eigenvalue weighted by molar-refractivity contribution is 7.91. The van der Waals surface area contributed by atoms with Crippen LogP contribution < -0.4 is 15.4 Å². The van der Waals surface area contributed by atoms with Crippen LogP contribution in [-0.2, 0) is 16.4 Å². The fourth-order valence-electron chi connectivity index (χ4n) is 2.75. The van der Waals surface area contributed by atoms with Crippen LogP contribution in [0.1, 0.15) is 32.8 Å². The van der Waals surface area contributed by atoms with Crippen LogP contribution in [0.15, 0.2) is 29.3 Å². The number of hydrogen-bond donors (Lipinski definition) is 2. The Morgan fingerprint density at radius 2 is 2.00 bits per heavy atom. The maximum atomic E-state index is 11.5. The van der Waals surface area contributed by atoms with E-state index in [4.69, 9.17) is 4.74 Å². The van der Waals surface area contributed by atoms with Crippen molar-refractivity contribution in [1.29, 1.82) is 0 Å². The second-order valence-corrected chi connectivity index (χ2v) is 9.63. The Morgan fingerprint density at radius 3 is 2.60 bits per heavy atom. The molecular weight excluding hydrogens is 338 g/mol. The van der Waals surface area contributed by atoms with E-state index in [1.54, 1.807) is 7.05 Å². The number of nitrogens with one attached hydrogen (secondary N) is 2. The Bertz CT molecular complexity index is 709. The number of hydrogen-bond acceptors (Lipinski definition) is 4. The smallest absolute Gasteiger partial charge is 0.191 e. The zero-order valence-electron chi connectivity index (χ0n) is 15.5. The standard InChI is InChI=1S/C18H29N3O3S/c1-18(2,3)24-16-8-6-5-7-15(16)12-21-17(19-4)20-11-14-9-10-25(22,23)13-14/h5-8,14H,9-13H2,1-4H3,(H2,19,20,21). The van der Waals surface area contributed by atoms with Gasteiger partial charge in [-0.15, -0.1) is 0 Å². The molecule has 140 valence electrons. The Morgan fingerprint density at radius 1 is 1.28 bits per heavy atom. The first kappa shape index (κ1) is 19.6. The minimum Gasteiger partial charge on any atom is -0.488 e. The molecule has 25 heavy (non-hydrogen) atoms. The number of ether oxygens (including phenoxy) is 1. The van der Waals surface area contributed by atoms with Crippen LogP contribution in [0, 0.1) is 5.92 Å². The van der Waals surface area contributed by atoms with E-state index in [2.05, 4.69) is 15.6 Å². The zero-order chi connectivity index (χ0) is 18.5. The average molecular weight is 368 g/mol. The third kappa shape index (κ3) is 6.57. The van der Waals surface area contributed by atoms with Crippen molar-refractivity contribution in [2.45, 2.75) is 39.3 Å². The van der Waals surface area contributed by atoms with Gasteiger partial charge in [0.05, 0.1) is 11.5 Å². The van der Waals surface area contributed by atoms with E-state index in [-0.39, 0.29) is 17.3 Å². The van der Waals surface area contributed by atoms with Gasteiger partial charge >= 0.3 is 0 Å². The molecule has 2 rings (SSSR count). The van der Waals surface area contributed by atoms with Gasteiger partial charge < -0.3 is 15.4 Å². The van der Waals surface area contributed by atoms with Crippen molar-refractivity contribution in [3.8, 4) is 5.75 Å². The van der Waals surface area contributed by atoms with Crippen LogP contribution in [-0.4, -0.2) is 45.1 Å². The molecule has 0 aliphatic carbocycles. The fraction of sp³-hybridized carbons (Fsp3) is 0.611. The van der Waals surface area contributed by atoms with Crippen molar-refractivity contribution in [1.82, 2.24) is 10.6 Å². The number of para-hydroxylation sites is 1. The van der Waals surface area contributed by atoms with E-state index < -0.39 is 9.84 Å². The van der Waals surface area contributed by atoms with Crippen LogP contribution in [0.4, 0.5) is 0 Å². The minimum absolute atomic E-state index is 0.153. The molecule has 1 aromatic rings. The van der Waals surface area contributed by atoms with Gasteiger partial charge in [0.2, 0.25) is 0 Å². The van der Waals surface area contributed by atoms with Gasteiger partial charge in [-0.1, -0.05) is 18.2 Å². The highest BCUT2D eigenvalue weighted by Crippen LogP contribution is 2.22. The Kier molecular flexibility index (Phi) is 6.32. The maximum Gasteiger partial charge on any atom is 0.191 e. The van der Waals surface area contributed by atoms with Crippen molar-refractivity contribution >= 4 is 15.8 Å². The molecule has 1 aliphatic heterocycles. The highest BCUT2D eigenvalue weighted by atomic mass is 32.2. The van der Waals surface area contributed by atoms with E-state index in [1.165, 1.54) is 0 Å². The van der Waals surface area contributed by atoms with Gasteiger partial charge in [-0.25, -0.2) is 8.42 Å². The second kappa shape index (κ2) is 8.08. The summed E-state index contributed by atoms with van der Waals surface area (Å²) >= 11 is 0. The first-order chi connectivity index (χ1) is 11.7. The molecule has 0 spiro atoms. The quantitative estimate of drug-likeness (QED) is 0.614. The summed E-state index contributed by atoms with van der Waals surface area (Å²) in [6, 6.07) is 7.91. The first-order valence-corrected chi connectivity index (χ1v) is 10.4. The summed E-state index contributed by atoms with van der Waals surface area (Å²) in [6.07, 6.45) is 0.717. The lowest BCUT2D eigenvalue weighted by molar-refractivity contribution is 0.129. The summed E-state index contributed by atoms with van der Waals surface area (Å²) in [6.45, 7) is 7.25. The fourth-order valence-corrected chi connectivity index (χ4v) is 4.61. The van der Waals surface area contributed by atoms with E-state index >= 15 is 0 Å². The van der Waals surface area contributed by atoms with E-state index in [0.29, 0.717) is 31.2 Å². The summed E-state index contributed by atoms with van der Waals surface area (Å²) < 4.78 is 29.1. The third-order valence-corrected chi connectivity index (χ3v) is 5.78. The molecule has 1 saturated heterocycles. The minimum atomic E-state index is -2.85. The van der Waals surface area contributed by atoms with Crippen molar-refractivity contribution < 1.29 is 13.2 Å². The predicted octanol–water partition coefficient (Wildman–Crippen LogP) is 1.96. The first-order valence-electron chi connectivity index (χ1n) is 8.60. The topological polar surface area (TPSA) is 79.8 Å². The van der Waals surface area contributed by atoms with Gasteiger partial charge in [-0.2, -0.15) is 0 Å². The predicted molar refractivity (Wildman–Crippen MR) is 102 cm³/mol. The normalized spacial score (nSPS) is 20.3. The molecule has 1 heterocycles. The lowest BCUT2D eigenvalue weighted by Crippen LogP contribution is -2.39. The monoisotopic (exact) mass is 367 g/mol. The van der Waals surface area contributed by atoms with Crippen LogP contribution >= 0.6 is 0 Å². The van der Waals surface area contributed by atoms with Crippen molar-refractivity contribution in [3.63, 3.8) is 0 Å². The van der Waals surface area contributed by atoms with Gasteiger partial charge in [0.15, 0.2) is 15.8 Å². The third-order valence-electron chi connectivity index (χ3n) is 3.94. The average Bonchev–Trinajstić information content (AvgIpc) is 2.86. The molecule has 0 saturated carbocycles. The molecule has 0 bridgehead atoms. The molecule has 2 N–H and O–H groups in total. The molecular formula is C18H29N3O3S. The highest BCUT2D eigenvalue weighted by Gasteiger charge is 2.27. The van der Waals surface area contributed by atoms with E-state index in [9.17, 15) is 8.42 Å². The number of benzene rings is 1. The van der Waals surface area contributed by atoms with Crippen LogP contribution in [0.5, 0.6) is 5.75 Å². The van der Waals surface area contributed by atoms with E-state index in [1.807, 2.05) is 45.0 Å². The summed E-state index contributed by atoms with van der Waals surface area (Å²) in [5, 5.41) is 6.49. The second-order valence-electron chi connectivity index (χ2n) is 7.40. The summed E-state index contributed by atoms with van der Waals surface area (Å²) in [5.74, 6) is 2.22. The molecule has 1 aliphatic rings. The van der Waals surface area contributed by atoms with Crippen molar-refractivity contribution in [2.75, 3.05) is 25.1 Å². The zero-order valence-corrected chi connectivity index (χ0v) is 16.3. The molecule has 1 fully saturated rings. The molecule has 0 radical (unpaired) electrons. The molecule has 0 amide bonds. The maximum absolute atomic E-state index is 11.5. The van der Waals surface area contributed by atoms with Crippen LogP contribution in [0.3, 0.4) is 0 Å². The number of guanidine groups is 1. The van der Waals surface area contributed by atoms with Gasteiger partial charge in [0.25, 0.3) is 0 Å². The lowest BCUT2D eigenvalue weighted by Gasteiger charge is -2.23. The molecule has 1 aromatic carbocycles. The van der Waals surface area contributed by atoms with Gasteiger partial charge in [-0.05, 0) is 39.2 Å². The van der Waals surface area contributed by atoms with Gasteiger partial charge in [-0.3, -0.25) is 4.99 Å². The molecule has 7 heteroatoms. The number of nitrogens with zero attached hydrogens (tertiary/aromatic N) is 1. The Hall–Kier alpha value is -1.76. The van der Waals surface area contributed by atoms with Crippen molar-refractivity contribution in [2.24, 2.45) is 10.9 Å². The summed E-state index contributed by atoms with van der Waals surface area (Å²) in [7, 11) is -1.14. The number of sulfone groups is 1. The Labute approximate surface area is 151 Å². The number of aliphatic imine (C=N–C) groups is 1. The van der Waals surface area contributed by atoms with Crippen molar-refractivity contribution in [3.05, 3.63) is 29.8 Å². The van der Waals surface area contributed by atoms with Crippen LogP contribution in [0.25, 0.3) is 0 Å². The Balaban J connectivity index is 1.89. The summed E-state index contributed by atoms with van der Waals surface area (Å²) in [4.78, 5) is 4.21.